The van der Waals surface area contributed by atoms with Gasteiger partial charge in [0.2, 0.25) is 0 Å². The first-order chi connectivity index (χ1) is 0. The first-order valence-electron chi connectivity index (χ1n) is 0. The van der Waals surface area contributed by atoms with Crippen LogP contribution < -0.4 is 68.5 Å². The third kappa shape index (κ3) is 30.4. The van der Waals surface area contributed by atoms with E-state index in [4.69, 9.17) is 0 Å². The van der Waals surface area contributed by atoms with Crippen LogP contribution in [0.15, 0.2) is 0 Å². The summed E-state index contributed by atoms with van der Waals surface area (Å²) in [6.45, 7) is 0. The van der Waals surface area contributed by atoms with Crippen molar-refractivity contribution in [3.05, 3.63) is 0 Å². The molecular formula is Cl4LiSc. The van der Waals surface area contributed by atoms with Crippen LogP contribution in [0.4, 0.5) is 0 Å². The fourth-order valence-electron chi connectivity index (χ4n) is 0. The van der Waals surface area contributed by atoms with Gasteiger partial charge in [0.25, 0.3) is 0 Å². The standard InChI is InChI=1S/4ClH.Li.Sc/h4*1H;;/q;;;;+1;+3/p-4. The molecule has 0 saturated carbocycles. The zero-order valence-electron chi connectivity index (χ0n) is 3.09. The van der Waals surface area contributed by atoms with Crippen molar-refractivity contribution in [1.82, 2.24) is 0 Å². The van der Waals surface area contributed by atoms with E-state index in [-0.39, 0.29) is 94.3 Å². The fourth-order valence-corrected chi connectivity index (χ4v) is 0. The van der Waals surface area contributed by atoms with Crippen LogP contribution >= 0.6 is 0 Å². The third-order valence-corrected chi connectivity index (χ3v) is 0. The number of rotatable bonds is 0. The van der Waals surface area contributed by atoms with E-state index in [2.05, 4.69) is 0 Å². The van der Waals surface area contributed by atoms with Crippen LogP contribution in [0.3, 0.4) is 0 Å². The topological polar surface area (TPSA) is 0 Å². The minimum absolute atomic E-state index is 0. The van der Waals surface area contributed by atoms with Crippen LogP contribution in [-0.4, -0.2) is 0 Å². The van der Waals surface area contributed by atoms with Crippen molar-refractivity contribution in [2.45, 2.75) is 0 Å². The molecule has 0 heterocycles. The van der Waals surface area contributed by atoms with Gasteiger partial charge in [-0.1, -0.05) is 0 Å². The molecule has 0 aliphatic carbocycles. The van der Waals surface area contributed by atoms with E-state index in [0.29, 0.717) is 0 Å². The van der Waals surface area contributed by atoms with Gasteiger partial charge in [0.15, 0.2) is 0 Å². The monoisotopic (exact) mass is 192 g/mol. The predicted octanol–water partition coefficient (Wildman–Crippen LogP) is -15.0. The first-order valence-corrected chi connectivity index (χ1v) is 0. The van der Waals surface area contributed by atoms with Crippen molar-refractivity contribution >= 4 is 0 Å². The number of hydrogen-bond acceptors (Lipinski definition) is 0. The van der Waals surface area contributed by atoms with Crippen molar-refractivity contribution < 1.29 is 94.3 Å². The molecule has 0 radical (unpaired) electrons. The van der Waals surface area contributed by atoms with E-state index < -0.39 is 0 Å². The van der Waals surface area contributed by atoms with Gasteiger partial charge >= 0.3 is 44.7 Å². The fraction of sp³-hybridized carbons (Fsp3) is 0. The molecule has 0 fully saturated rings. The summed E-state index contributed by atoms with van der Waals surface area (Å²) < 4.78 is 0. The second-order valence-electron chi connectivity index (χ2n) is 0. The van der Waals surface area contributed by atoms with E-state index in [0.717, 1.165) is 0 Å². The second kappa shape index (κ2) is 48.5. The molecule has 0 aromatic carbocycles. The maximum absolute atomic E-state index is 0. The molecule has 0 amide bonds. The normalized spacial score (nSPS) is 0. The molecule has 0 spiro atoms. The summed E-state index contributed by atoms with van der Waals surface area (Å²) >= 11 is 0. The molecule has 0 unspecified atom stereocenters. The van der Waals surface area contributed by atoms with E-state index in [9.17, 15) is 0 Å². The Bertz CT molecular complexity index is 7.51. The van der Waals surface area contributed by atoms with Gasteiger partial charge in [-0.15, -0.1) is 0 Å². The predicted molar refractivity (Wildman–Crippen MR) is 0 cm³/mol. The van der Waals surface area contributed by atoms with Gasteiger partial charge in [0, 0.05) is 0 Å². The molecule has 0 aromatic heterocycles. The van der Waals surface area contributed by atoms with Crippen LogP contribution in [0.5, 0.6) is 0 Å². The Kier molecular flexibility index (Phi) is 588. The van der Waals surface area contributed by atoms with Crippen molar-refractivity contribution in [2.24, 2.45) is 0 Å². The van der Waals surface area contributed by atoms with E-state index in [1.165, 1.54) is 0 Å². The molecule has 0 N–H and O–H groups in total. The summed E-state index contributed by atoms with van der Waals surface area (Å²) in [6, 6.07) is 0. The number of hydrogen-bond donors (Lipinski definition) is 0. The molecule has 0 atom stereocenters. The Morgan fingerprint density at radius 3 is 0.500 bits per heavy atom. The Labute approximate surface area is 93.2 Å². The maximum atomic E-state index is 0. The second-order valence-corrected chi connectivity index (χ2v) is 0. The van der Waals surface area contributed by atoms with Crippen LogP contribution in [0.2, 0.25) is 0 Å². The zero-order valence-corrected chi connectivity index (χ0v) is 7.92. The number of halogens is 4. The Balaban J connectivity index is 0. The Morgan fingerprint density at radius 1 is 0.500 bits per heavy atom. The average Bonchev–Trinajstić information content (AvgIpc) is 0. The summed E-state index contributed by atoms with van der Waals surface area (Å²) in [5, 5.41) is 0. The first kappa shape index (κ1) is 72.7. The van der Waals surface area contributed by atoms with E-state index >= 15 is 0 Å². The average molecular weight is 194 g/mol. The van der Waals surface area contributed by atoms with Gasteiger partial charge < -0.3 is 49.6 Å². The molecular weight excluding hydrogens is 194 g/mol. The molecule has 0 aromatic rings. The van der Waals surface area contributed by atoms with Gasteiger partial charge in [-0.2, -0.15) is 0 Å². The summed E-state index contributed by atoms with van der Waals surface area (Å²) in [4.78, 5) is 0. The van der Waals surface area contributed by atoms with Crippen LogP contribution in [0.25, 0.3) is 0 Å². The Hall–Kier alpha value is 2.63. The smallest absolute Gasteiger partial charge is 1.00 e. The van der Waals surface area contributed by atoms with Gasteiger partial charge in [0.05, 0.1) is 0 Å². The molecule has 0 rings (SSSR count). The molecule has 0 nitrogen and oxygen atoms in total. The van der Waals surface area contributed by atoms with Gasteiger partial charge in [-0.3, -0.25) is 0 Å². The maximum Gasteiger partial charge on any atom is 3.00 e. The Morgan fingerprint density at radius 2 is 0.500 bits per heavy atom. The summed E-state index contributed by atoms with van der Waals surface area (Å²) in [7, 11) is 0. The van der Waals surface area contributed by atoms with Gasteiger partial charge in [-0.05, 0) is 0 Å². The van der Waals surface area contributed by atoms with Gasteiger partial charge in [-0.25, -0.2) is 0 Å². The van der Waals surface area contributed by atoms with Crippen molar-refractivity contribution in [1.29, 1.82) is 0 Å². The minimum Gasteiger partial charge on any atom is -1.00 e. The molecule has 6 heavy (non-hydrogen) atoms. The molecule has 0 aliphatic heterocycles. The third-order valence-electron chi connectivity index (χ3n) is 0. The molecule has 6 heteroatoms. The summed E-state index contributed by atoms with van der Waals surface area (Å²) in [5.41, 5.74) is 0. The van der Waals surface area contributed by atoms with Crippen LogP contribution in [-0.2, 0) is 25.8 Å². The quantitative estimate of drug-likeness (QED) is 0.336. The van der Waals surface area contributed by atoms with Crippen molar-refractivity contribution in [3.63, 3.8) is 0 Å². The van der Waals surface area contributed by atoms with E-state index in [1.54, 1.807) is 0 Å². The molecule has 0 bridgehead atoms. The molecule has 32 valence electrons. The molecule has 0 aliphatic rings. The SMILES string of the molecule is [Cl-].[Cl-].[Cl-].[Cl-].[Li+].[Sc+3]. The van der Waals surface area contributed by atoms with Crippen molar-refractivity contribution in [2.75, 3.05) is 0 Å². The van der Waals surface area contributed by atoms with E-state index in [1.807, 2.05) is 0 Å². The summed E-state index contributed by atoms with van der Waals surface area (Å²) in [6.07, 6.45) is 0. The van der Waals surface area contributed by atoms with Crippen LogP contribution in [0.1, 0.15) is 0 Å². The minimum atomic E-state index is 0. The molecule has 0 saturated heterocycles. The van der Waals surface area contributed by atoms with Gasteiger partial charge in [0.1, 0.15) is 0 Å². The van der Waals surface area contributed by atoms with Crippen LogP contribution in [0, 0.1) is 0 Å². The zero-order chi connectivity index (χ0) is 0. The summed E-state index contributed by atoms with van der Waals surface area (Å²) in [5.74, 6) is 0. The van der Waals surface area contributed by atoms with Crippen molar-refractivity contribution in [3.8, 4) is 0 Å². The largest absolute Gasteiger partial charge is 3.00 e.